The zero-order chi connectivity index (χ0) is 16.7. The van der Waals surface area contributed by atoms with E-state index in [1.165, 1.54) is 16.8 Å². The van der Waals surface area contributed by atoms with E-state index in [0.29, 0.717) is 16.9 Å². The third-order valence-electron chi connectivity index (χ3n) is 4.06. The molecule has 5 heteroatoms. The lowest BCUT2D eigenvalue weighted by atomic mass is 9.99. The van der Waals surface area contributed by atoms with Gasteiger partial charge in [-0.05, 0) is 36.8 Å². The van der Waals surface area contributed by atoms with Crippen LogP contribution in [0, 0.1) is 12.7 Å². The van der Waals surface area contributed by atoms with E-state index in [1.807, 2.05) is 37.3 Å². The molecule has 0 bridgehead atoms. The smallest absolute Gasteiger partial charge is 0.282 e. The van der Waals surface area contributed by atoms with Crippen LogP contribution in [0.4, 0.5) is 4.39 Å². The van der Waals surface area contributed by atoms with Crippen LogP contribution in [-0.4, -0.2) is 14.8 Å². The molecule has 0 fully saturated rings. The lowest BCUT2D eigenvalue weighted by Crippen LogP contribution is -2.14. The number of halogens is 1. The van der Waals surface area contributed by atoms with Gasteiger partial charge in [-0.3, -0.25) is 4.79 Å². The number of benzene rings is 2. The first-order valence-electron chi connectivity index (χ1n) is 7.57. The van der Waals surface area contributed by atoms with Gasteiger partial charge in [0.2, 0.25) is 0 Å². The SMILES string of the molecule is Cc1[nH]cc2c(=O)n(-c3ccc(F)cc3)nc-2c1-c1ccccc1. The lowest BCUT2D eigenvalue weighted by Gasteiger charge is -2.09. The highest BCUT2D eigenvalue weighted by Crippen LogP contribution is 2.32. The fourth-order valence-corrected chi connectivity index (χ4v) is 2.87. The van der Waals surface area contributed by atoms with Crippen molar-refractivity contribution in [3.63, 3.8) is 0 Å². The van der Waals surface area contributed by atoms with E-state index in [1.54, 1.807) is 18.3 Å². The number of rotatable bonds is 2. The molecule has 0 aromatic heterocycles. The van der Waals surface area contributed by atoms with Crippen molar-refractivity contribution < 1.29 is 4.39 Å². The largest absolute Gasteiger partial charge is 0.364 e. The Morgan fingerprint density at radius 2 is 1.75 bits per heavy atom. The van der Waals surface area contributed by atoms with Crippen LogP contribution >= 0.6 is 0 Å². The summed E-state index contributed by atoms with van der Waals surface area (Å²) in [6.45, 7) is 1.95. The maximum atomic E-state index is 13.1. The first-order valence-corrected chi connectivity index (χ1v) is 7.57. The molecule has 0 atom stereocenters. The zero-order valence-electron chi connectivity index (χ0n) is 13.0. The standard InChI is InChI=1S/C19H14FN3O/c1-12-17(13-5-3-2-4-6-13)18-16(11-21-12)19(24)23(22-18)15-9-7-14(20)8-10-15/h2-11,21H,1H3. The third kappa shape index (κ3) is 2.22. The van der Waals surface area contributed by atoms with E-state index in [0.717, 1.165) is 16.8 Å². The highest BCUT2D eigenvalue weighted by atomic mass is 19.1. The number of hydrogen-bond acceptors (Lipinski definition) is 2. The molecule has 24 heavy (non-hydrogen) atoms. The second-order valence-electron chi connectivity index (χ2n) is 5.61. The molecule has 0 aliphatic carbocycles. The van der Waals surface area contributed by atoms with Crippen molar-refractivity contribution in [1.29, 1.82) is 0 Å². The number of nitrogens with zero attached hydrogens (tertiary/aromatic N) is 2. The first kappa shape index (κ1) is 14.4. The predicted molar refractivity (Wildman–Crippen MR) is 90.9 cm³/mol. The summed E-state index contributed by atoms with van der Waals surface area (Å²) in [5, 5.41) is 4.51. The molecule has 0 saturated carbocycles. The number of H-pyrrole nitrogens is 1. The number of aromatic nitrogens is 3. The number of hydrogen-bond donors (Lipinski definition) is 1. The molecule has 0 radical (unpaired) electrons. The Hall–Kier alpha value is -3.21. The second-order valence-corrected chi connectivity index (χ2v) is 5.61. The monoisotopic (exact) mass is 319 g/mol. The zero-order valence-corrected chi connectivity index (χ0v) is 13.0. The van der Waals surface area contributed by atoms with Crippen LogP contribution in [0.2, 0.25) is 0 Å². The van der Waals surface area contributed by atoms with Crippen molar-refractivity contribution in [1.82, 2.24) is 14.8 Å². The second kappa shape index (κ2) is 5.45. The van der Waals surface area contributed by atoms with Gasteiger partial charge in [0.25, 0.3) is 5.56 Å². The van der Waals surface area contributed by atoms with Crippen LogP contribution < -0.4 is 5.56 Å². The van der Waals surface area contributed by atoms with Gasteiger partial charge in [-0.1, -0.05) is 30.3 Å². The molecule has 2 heterocycles. The van der Waals surface area contributed by atoms with Crippen molar-refractivity contribution in [2.75, 3.05) is 0 Å². The molecule has 0 saturated heterocycles. The predicted octanol–water partition coefficient (Wildman–Crippen LogP) is 3.78. The maximum absolute atomic E-state index is 13.1. The summed E-state index contributed by atoms with van der Waals surface area (Å²) >= 11 is 0. The molecule has 0 unspecified atom stereocenters. The van der Waals surface area contributed by atoms with Crippen molar-refractivity contribution in [3.05, 3.63) is 82.7 Å². The number of fused-ring (bicyclic) bond motifs is 1. The van der Waals surface area contributed by atoms with Gasteiger partial charge in [-0.15, -0.1) is 0 Å². The Labute approximate surface area is 137 Å². The van der Waals surface area contributed by atoms with E-state index in [4.69, 9.17) is 0 Å². The van der Waals surface area contributed by atoms with Gasteiger partial charge in [0.1, 0.15) is 11.5 Å². The molecule has 2 aliphatic rings. The molecule has 118 valence electrons. The quantitative estimate of drug-likeness (QED) is 0.611. The molecule has 0 spiro atoms. The van der Waals surface area contributed by atoms with Crippen LogP contribution in [-0.2, 0) is 0 Å². The summed E-state index contributed by atoms with van der Waals surface area (Å²) in [4.78, 5) is 15.8. The minimum Gasteiger partial charge on any atom is -0.364 e. The Morgan fingerprint density at radius 3 is 2.46 bits per heavy atom. The van der Waals surface area contributed by atoms with E-state index in [-0.39, 0.29) is 11.4 Å². The number of aromatic amines is 1. The van der Waals surface area contributed by atoms with Gasteiger partial charge in [0.15, 0.2) is 0 Å². The molecule has 4 rings (SSSR count). The van der Waals surface area contributed by atoms with Crippen LogP contribution in [0.3, 0.4) is 0 Å². The molecular formula is C19H14FN3O. The Balaban J connectivity index is 2.00. The van der Waals surface area contributed by atoms with E-state index in [2.05, 4.69) is 10.1 Å². The lowest BCUT2D eigenvalue weighted by molar-refractivity contribution is 0.627. The van der Waals surface area contributed by atoms with Crippen LogP contribution in [0.5, 0.6) is 0 Å². The summed E-state index contributed by atoms with van der Waals surface area (Å²) in [7, 11) is 0. The fraction of sp³-hybridized carbons (Fsp3) is 0.0526. The molecule has 2 aliphatic heterocycles. The van der Waals surface area contributed by atoms with Crippen molar-refractivity contribution in [3.8, 4) is 28.1 Å². The van der Waals surface area contributed by atoms with Gasteiger partial charge in [0.05, 0.1) is 11.3 Å². The minimum atomic E-state index is -0.350. The Kier molecular flexibility index (Phi) is 3.27. The van der Waals surface area contributed by atoms with Crippen molar-refractivity contribution in [2.45, 2.75) is 6.92 Å². The summed E-state index contributed by atoms with van der Waals surface area (Å²) in [5.41, 5.74) is 4.25. The first-order chi connectivity index (χ1) is 11.6. The van der Waals surface area contributed by atoms with Gasteiger partial charge < -0.3 is 4.98 Å². The Morgan fingerprint density at radius 1 is 1.04 bits per heavy atom. The summed E-state index contributed by atoms with van der Waals surface area (Å²) in [6, 6.07) is 15.5. The van der Waals surface area contributed by atoms with E-state index >= 15 is 0 Å². The van der Waals surface area contributed by atoms with Crippen LogP contribution in [0.15, 0.2) is 65.6 Å². The highest BCUT2D eigenvalue weighted by Gasteiger charge is 2.22. The number of nitrogens with one attached hydrogen (secondary N) is 1. The minimum absolute atomic E-state index is 0.231. The topological polar surface area (TPSA) is 50.7 Å². The van der Waals surface area contributed by atoms with E-state index in [9.17, 15) is 9.18 Å². The average Bonchev–Trinajstić information content (AvgIpc) is 2.93. The van der Waals surface area contributed by atoms with Gasteiger partial charge in [0, 0.05) is 17.5 Å². The normalized spacial score (nSPS) is 11.1. The maximum Gasteiger partial charge on any atom is 0.282 e. The fourth-order valence-electron chi connectivity index (χ4n) is 2.87. The summed E-state index contributed by atoms with van der Waals surface area (Å²) in [6.07, 6.45) is 1.67. The van der Waals surface area contributed by atoms with Gasteiger partial charge in [-0.25, -0.2) is 4.39 Å². The van der Waals surface area contributed by atoms with Gasteiger partial charge >= 0.3 is 0 Å². The molecule has 2 aromatic rings. The summed E-state index contributed by atoms with van der Waals surface area (Å²) < 4.78 is 14.4. The van der Waals surface area contributed by atoms with Crippen LogP contribution in [0.25, 0.3) is 28.1 Å². The van der Waals surface area contributed by atoms with Crippen molar-refractivity contribution in [2.24, 2.45) is 0 Å². The number of pyridine rings is 1. The van der Waals surface area contributed by atoms with Gasteiger partial charge in [-0.2, -0.15) is 9.78 Å². The average molecular weight is 319 g/mol. The molecule has 2 aromatic carbocycles. The molecule has 0 amide bonds. The van der Waals surface area contributed by atoms with E-state index < -0.39 is 0 Å². The van der Waals surface area contributed by atoms with Crippen molar-refractivity contribution >= 4 is 0 Å². The summed E-state index contributed by atoms with van der Waals surface area (Å²) in [5.74, 6) is -0.350. The molecule has 1 N–H and O–H groups in total. The molecular weight excluding hydrogens is 305 g/mol. The highest BCUT2D eigenvalue weighted by molar-refractivity contribution is 5.82. The number of aryl methyl sites for hydroxylation is 1. The Bertz CT molecular complexity index is 1030. The molecule has 4 nitrogen and oxygen atoms in total. The van der Waals surface area contributed by atoms with Crippen LogP contribution in [0.1, 0.15) is 5.69 Å². The third-order valence-corrected chi connectivity index (χ3v) is 4.06.